The number of hydrogen-bond acceptors (Lipinski definition) is 5. The summed E-state index contributed by atoms with van der Waals surface area (Å²) in [4.78, 5) is 5.45. The number of nitrogens with two attached hydrogens (primary N) is 1. The molecule has 0 atom stereocenters. The van der Waals surface area contributed by atoms with E-state index in [0.29, 0.717) is 18.2 Å². The maximum atomic E-state index is 5.86. The minimum Gasteiger partial charge on any atom is -0.496 e. The molecule has 1 heterocycles. The minimum atomic E-state index is 0.492. The number of hydrogen-bond donors (Lipinski definition) is 1. The molecule has 2 N–H and O–H groups in total. The number of rotatable bonds is 6. The van der Waals surface area contributed by atoms with Gasteiger partial charge in [-0.25, -0.2) is 4.98 Å². The molecule has 0 aliphatic heterocycles. The first-order valence-electron chi connectivity index (χ1n) is 6.44. The first kappa shape index (κ1) is 14.5. The van der Waals surface area contributed by atoms with Crippen LogP contribution in [0.15, 0.2) is 46.3 Å². The molecule has 5 heteroatoms. The van der Waals surface area contributed by atoms with Gasteiger partial charge in [0.05, 0.1) is 24.3 Å². The first-order chi connectivity index (χ1) is 9.74. The molecule has 0 radical (unpaired) electrons. The molecule has 1 aromatic heterocycles. The molecule has 2 rings (SSSR count). The maximum Gasteiger partial charge on any atom is 0.238 e. The molecule has 0 aliphatic rings. The molecule has 20 heavy (non-hydrogen) atoms. The van der Waals surface area contributed by atoms with Gasteiger partial charge in [0.25, 0.3) is 0 Å². The van der Waals surface area contributed by atoms with E-state index in [1.54, 1.807) is 7.11 Å². The molecule has 0 aliphatic carbocycles. The number of benzene rings is 1. The second-order valence-electron chi connectivity index (χ2n) is 4.15. The molecule has 0 unspecified atom stereocenters. The summed E-state index contributed by atoms with van der Waals surface area (Å²) < 4.78 is 10.9. The molecule has 0 saturated carbocycles. The highest BCUT2D eigenvalue weighted by atomic mass is 32.2. The van der Waals surface area contributed by atoms with Crippen molar-refractivity contribution >= 4 is 17.4 Å². The normalized spacial score (nSPS) is 10.3. The summed E-state index contributed by atoms with van der Waals surface area (Å²) in [6.45, 7) is 2.66. The lowest BCUT2D eigenvalue weighted by Crippen LogP contribution is -2.01. The zero-order valence-corrected chi connectivity index (χ0v) is 12.4. The van der Waals surface area contributed by atoms with Crippen LogP contribution < -0.4 is 15.2 Å². The molecule has 0 saturated heterocycles. The van der Waals surface area contributed by atoms with Gasteiger partial charge in [-0.1, -0.05) is 30.8 Å². The van der Waals surface area contributed by atoms with Crippen molar-refractivity contribution in [2.75, 3.05) is 19.5 Å². The Morgan fingerprint density at radius 1 is 1.20 bits per heavy atom. The van der Waals surface area contributed by atoms with Gasteiger partial charge < -0.3 is 15.2 Å². The highest BCUT2D eigenvalue weighted by Crippen LogP contribution is 2.35. The maximum absolute atomic E-state index is 5.86. The quantitative estimate of drug-likeness (QED) is 0.880. The van der Waals surface area contributed by atoms with Crippen molar-refractivity contribution in [3.8, 4) is 11.6 Å². The summed E-state index contributed by atoms with van der Waals surface area (Å²) in [5.41, 5.74) is 6.42. The lowest BCUT2D eigenvalue weighted by molar-refractivity contribution is 0.305. The van der Waals surface area contributed by atoms with Gasteiger partial charge in [0.2, 0.25) is 5.88 Å². The van der Waals surface area contributed by atoms with E-state index in [4.69, 9.17) is 15.2 Å². The van der Waals surface area contributed by atoms with E-state index in [1.165, 1.54) is 11.8 Å². The Bertz CT molecular complexity index is 576. The van der Waals surface area contributed by atoms with Crippen LogP contribution in [0.5, 0.6) is 11.6 Å². The molecular formula is C15H18N2O2S. The zero-order valence-electron chi connectivity index (χ0n) is 11.6. The molecule has 2 aromatic rings. The predicted molar refractivity (Wildman–Crippen MR) is 81.6 cm³/mol. The monoisotopic (exact) mass is 290 g/mol. The number of methoxy groups -OCH3 is 1. The van der Waals surface area contributed by atoms with Crippen molar-refractivity contribution in [1.29, 1.82) is 0 Å². The number of nitrogen functional groups attached to an aromatic ring is 1. The van der Waals surface area contributed by atoms with E-state index in [1.807, 2.05) is 43.3 Å². The average Bonchev–Trinajstić information content (AvgIpc) is 2.48. The molecule has 0 amide bonds. The molecule has 0 bridgehead atoms. The highest BCUT2D eigenvalue weighted by molar-refractivity contribution is 7.99. The summed E-state index contributed by atoms with van der Waals surface area (Å²) in [5.74, 6) is 1.32. The number of aromatic nitrogens is 1. The largest absolute Gasteiger partial charge is 0.496 e. The topological polar surface area (TPSA) is 57.4 Å². The Morgan fingerprint density at radius 3 is 2.75 bits per heavy atom. The van der Waals surface area contributed by atoms with Crippen LogP contribution in [0.3, 0.4) is 0 Å². The highest BCUT2D eigenvalue weighted by Gasteiger charge is 2.08. The lowest BCUT2D eigenvalue weighted by atomic mass is 10.3. The Hall–Kier alpha value is -1.88. The van der Waals surface area contributed by atoms with E-state index in [9.17, 15) is 0 Å². The number of para-hydroxylation sites is 1. The molecule has 4 nitrogen and oxygen atoms in total. The molecule has 0 spiro atoms. The van der Waals surface area contributed by atoms with Crippen LogP contribution in [-0.4, -0.2) is 18.7 Å². The summed E-state index contributed by atoms with van der Waals surface area (Å²) in [6, 6.07) is 11.5. The zero-order chi connectivity index (χ0) is 14.4. The number of anilines is 1. The number of ether oxygens (including phenoxy) is 2. The van der Waals surface area contributed by atoms with Crippen LogP contribution in [0.1, 0.15) is 13.3 Å². The minimum absolute atomic E-state index is 0.492. The Labute approximate surface area is 123 Å². The van der Waals surface area contributed by atoms with Crippen LogP contribution in [0.2, 0.25) is 0 Å². The average molecular weight is 290 g/mol. The second kappa shape index (κ2) is 7.05. The summed E-state index contributed by atoms with van der Waals surface area (Å²) in [7, 11) is 1.66. The van der Waals surface area contributed by atoms with E-state index < -0.39 is 0 Å². The fourth-order valence-electron chi connectivity index (χ4n) is 1.62. The Balaban J connectivity index is 2.20. The van der Waals surface area contributed by atoms with Gasteiger partial charge in [-0.15, -0.1) is 0 Å². The van der Waals surface area contributed by atoms with Gasteiger partial charge in [-0.05, 0) is 30.7 Å². The Kier molecular flexibility index (Phi) is 5.12. The molecule has 1 aromatic carbocycles. The van der Waals surface area contributed by atoms with E-state index >= 15 is 0 Å². The smallest absolute Gasteiger partial charge is 0.238 e. The van der Waals surface area contributed by atoms with Gasteiger partial charge in [-0.2, -0.15) is 0 Å². The molecule has 0 fully saturated rings. The van der Waals surface area contributed by atoms with Crippen LogP contribution in [-0.2, 0) is 0 Å². The molecule has 106 valence electrons. The summed E-state index contributed by atoms with van der Waals surface area (Å²) in [6.07, 6.45) is 0.922. The summed E-state index contributed by atoms with van der Waals surface area (Å²) in [5, 5.41) is 0.829. The number of pyridine rings is 1. The first-order valence-corrected chi connectivity index (χ1v) is 7.26. The second-order valence-corrected chi connectivity index (χ2v) is 5.21. The van der Waals surface area contributed by atoms with Crippen molar-refractivity contribution < 1.29 is 9.47 Å². The van der Waals surface area contributed by atoms with Crippen molar-refractivity contribution in [3.05, 3.63) is 36.4 Å². The fraction of sp³-hybridized carbons (Fsp3) is 0.267. The van der Waals surface area contributed by atoms with Gasteiger partial charge in [-0.3, -0.25) is 0 Å². The van der Waals surface area contributed by atoms with E-state index in [0.717, 1.165) is 22.1 Å². The third-order valence-electron chi connectivity index (χ3n) is 2.59. The van der Waals surface area contributed by atoms with Crippen LogP contribution in [0.4, 0.5) is 5.69 Å². The third-order valence-corrected chi connectivity index (χ3v) is 3.58. The van der Waals surface area contributed by atoms with Gasteiger partial charge in [0.15, 0.2) is 0 Å². The lowest BCUT2D eigenvalue weighted by Gasteiger charge is -2.10. The SMILES string of the molecule is CCCOc1nc(Sc2ccccc2OC)ccc1N. The van der Waals surface area contributed by atoms with Gasteiger partial charge >= 0.3 is 0 Å². The van der Waals surface area contributed by atoms with Gasteiger partial charge in [0.1, 0.15) is 10.8 Å². The van der Waals surface area contributed by atoms with Crippen molar-refractivity contribution in [2.45, 2.75) is 23.3 Å². The number of nitrogens with zero attached hydrogens (tertiary/aromatic N) is 1. The van der Waals surface area contributed by atoms with Crippen LogP contribution in [0, 0.1) is 0 Å². The van der Waals surface area contributed by atoms with Crippen LogP contribution >= 0.6 is 11.8 Å². The van der Waals surface area contributed by atoms with Crippen molar-refractivity contribution in [2.24, 2.45) is 0 Å². The van der Waals surface area contributed by atoms with Crippen molar-refractivity contribution in [1.82, 2.24) is 4.98 Å². The van der Waals surface area contributed by atoms with Gasteiger partial charge in [0, 0.05) is 0 Å². The van der Waals surface area contributed by atoms with E-state index in [2.05, 4.69) is 4.98 Å². The standard InChI is InChI=1S/C15H18N2O2S/c1-3-10-19-15-11(16)8-9-14(17-15)20-13-7-5-4-6-12(13)18-2/h4-9H,3,10,16H2,1-2H3. The van der Waals surface area contributed by atoms with Crippen molar-refractivity contribution in [3.63, 3.8) is 0 Å². The van der Waals surface area contributed by atoms with E-state index in [-0.39, 0.29) is 0 Å². The fourth-order valence-corrected chi connectivity index (χ4v) is 2.51. The third kappa shape index (κ3) is 3.57. The predicted octanol–water partition coefficient (Wildman–Crippen LogP) is 3.61. The Morgan fingerprint density at radius 2 is 2.00 bits per heavy atom. The van der Waals surface area contributed by atoms with Crippen LogP contribution in [0.25, 0.3) is 0 Å². The molecular weight excluding hydrogens is 272 g/mol. The summed E-state index contributed by atoms with van der Waals surface area (Å²) >= 11 is 1.52.